The summed E-state index contributed by atoms with van der Waals surface area (Å²) < 4.78 is 32.3. The monoisotopic (exact) mass is 282 g/mol. The molecule has 0 aromatic rings. The van der Waals surface area contributed by atoms with Gasteiger partial charge in [0.2, 0.25) is 0 Å². The van der Waals surface area contributed by atoms with E-state index in [0.717, 1.165) is 0 Å². The van der Waals surface area contributed by atoms with Gasteiger partial charge in [0.25, 0.3) is 10.2 Å². The van der Waals surface area contributed by atoms with Gasteiger partial charge in [-0.05, 0) is 18.8 Å². The molecule has 0 saturated heterocycles. The zero-order chi connectivity index (χ0) is 14.2. The molecule has 18 heavy (non-hydrogen) atoms. The Bertz CT molecular complexity index is 342. The molecule has 0 aromatic carbocycles. The average Bonchev–Trinajstić information content (AvgIpc) is 2.25. The highest BCUT2D eigenvalue weighted by Gasteiger charge is 2.23. The fourth-order valence-corrected chi connectivity index (χ4v) is 2.40. The number of ether oxygens (including phenoxy) is 1. The Kier molecular flexibility index (Phi) is 8.08. The van der Waals surface area contributed by atoms with Crippen LogP contribution in [0.15, 0.2) is 0 Å². The van der Waals surface area contributed by atoms with Crippen molar-refractivity contribution in [3.05, 3.63) is 0 Å². The van der Waals surface area contributed by atoms with Crippen molar-refractivity contribution in [1.29, 1.82) is 0 Å². The summed E-state index contributed by atoms with van der Waals surface area (Å²) in [6.07, 6.45) is 0.659. The van der Waals surface area contributed by atoms with Crippen LogP contribution in [0.25, 0.3) is 0 Å². The molecule has 0 aliphatic carbocycles. The first-order valence-electron chi connectivity index (χ1n) is 5.77. The van der Waals surface area contributed by atoms with E-state index in [1.165, 1.54) is 7.11 Å². The van der Waals surface area contributed by atoms with Crippen molar-refractivity contribution in [2.75, 3.05) is 20.3 Å². The van der Waals surface area contributed by atoms with Crippen molar-refractivity contribution in [2.24, 2.45) is 5.92 Å². The summed E-state index contributed by atoms with van der Waals surface area (Å²) in [5.74, 6) is -1.04. The summed E-state index contributed by atoms with van der Waals surface area (Å²) in [4.78, 5) is 10.9. The molecule has 0 radical (unpaired) electrons. The van der Waals surface area contributed by atoms with Gasteiger partial charge in [-0.3, -0.25) is 4.79 Å². The van der Waals surface area contributed by atoms with E-state index in [9.17, 15) is 13.2 Å². The molecule has 0 aliphatic heterocycles. The van der Waals surface area contributed by atoms with Gasteiger partial charge in [-0.1, -0.05) is 13.8 Å². The second-order valence-electron chi connectivity index (χ2n) is 4.39. The zero-order valence-corrected chi connectivity index (χ0v) is 11.8. The van der Waals surface area contributed by atoms with Crippen molar-refractivity contribution in [3.63, 3.8) is 0 Å². The molecule has 1 unspecified atom stereocenters. The highest BCUT2D eigenvalue weighted by molar-refractivity contribution is 7.87. The minimum Gasteiger partial charge on any atom is -0.480 e. The van der Waals surface area contributed by atoms with Crippen molar-refractivity contribution in [3.8, 4) is 0 Å². The number of aliphatic carboxylic acids is 1. The first kappa shape index (κ1) is 17.3. The third kappa shape index (κ3) is 8.40. The molecule has 0 aliphatic rings. The molecule has 8 heteroatoms. The van der Waals surface area contributed by atoms with E-state index in [2.05, 4.69) is 9.44 Å². The standard InChI is InChI=1S/C10H22N2O5S/c1-8(2)7-11-18(15,16)12-9(10(13)14)5-4-6-17-3/h8-9,11-12H,4-7H2,1-3H3,(H,13,14). The summed E-state index contributed by atoms with van der Waals surface area (Å²) in [6, 6.07) is -1.13. The molecule has 1 atom stereocenters. The molecule has 0 bridgehead atoms. The summed E-state index contributed by atoms with van der Waals surface area (Å²) in [6.45, 7) is 4.37. The van der Waals surface area contributed by atoms with Gasteiger partial charge in [0.15, 0.2) is 0 Å². The van der Waals surface area contributed by atoms with Crippen LogP contribution in [0.5, 0.6) is 0 Å². The van der Waals surface area contributed by atoms with E-state index in [-0.39, 0.29) is 18.9 Å². The first-order valence-corrected chi connectivity index (χ1v) is 7.25. The number of rotatable bonds is 10. The third-order valence-corrected chi connectivity index (χ3v) is 3.26. The van der Waals surface area contributed by atoms with Crippen LogP contribution in [-0.2, 0) is 19.7 Å². The molecule has 0 aromatic heterocycles. The number of hydrogen-bond donors (Lipinski definition) is 3. The van der Waals surface area contributed by atoms with Gasteiger partial charge >= 0.3 is 5.97 Å². The lowest BCUT2D eigenvalue weighted by atomic mass is 10.2. The van der Waals surface area contributed by atoms with E-state index in [0.29, 0.717) is 13.0 Å². The molecule has 7 nitrogen and oxygen atoms in total. The Morgan fingerprint density at radius 1 is 1.39 bits per heavy atom. The minimum atomic E-state index is -3.78. The summed E-state index contributed by atoms with van der Waals surface area (Å²) in [5, 5.41) is 8.92. The zero-order valence-electron chi connectivity index (χ0n) is 11.0. The van der Waals surface area contributed by atoms with Crippen LogP contribution >= 0.6 is 0 Å². The van der Waals surface area contributed by atoms with Gasteiger partial charge < -0.3 is 9.84 Å². The van der Waals surface area contributed by atoms with Gasteiger partial charge in [0.05, 0.1) is 0 Å². The molecule has 3 N–H and O–H groups in total. The van der Waals surface area contributed by atoms with Gasteiger partial charge in [-0.2, -0.15) is 13.1 Å². The van der Waals surface area contributed by atoms with Crippen LogP contribution in [0.4, 0.5) is 0 Å². The van der Waals surface area contributed by atoms with Crippen LogP contribution in [0.2, 0.25) is 0 Å². The maximum atomic E-state index is 11.6. The van der Waals surface area contributed by atoms with Crippen molar-refractivity contribution in [2.45, 2.75) is 32.7 Å². The van der Waals surface area contributed by atoms with E-state index in [1.807, 2.05) is 13.8 Å². The molecule has 0 rings (SSSR count). The van der Waals surface area contributed by atoms with Crippen LogP contribution in [0.3, 0.4) is 0 Å². The topological polar surface area (TPSA) is 105 Å². The highest BCUT2D eigenvalue weighted by atomic mass is 32.2. The van der Waals surface area contributed by atoms with Crippen LogP contribution in [0.1, 0.15) is 26.7 Å². The molecular weight excluding hydrogens is 260 g/mol. The average molecular weight is 282 g/mol. The predicted molar refractivity (Wildman–Crippen MR) is 67.4 cm³/mol. The van der Waals surface area contributed by atoms with Gasteiger partial charge in [-0.15, -0.1) is 0 Å². The quantitative estimate of drug-likeness (QED) is 0.487. The van der Waals surface area contributed by atoms with Crippen LogP contribution < -0.4 is 9.44 Å². The smallest absolute Gasteiger partial charge is 0.321 e. The lowest BCUT2D eigenvalue weighted by molar-refractivity contribution is -0.139. The molecule has 108 valence electrons. The van der Waals surface area contributed by atoms with E-state index in [4.69, 9.17) is 9.84 Å². The number of carboxylic acid groups (broad SMARTS) is 1. The Morgan fingerprint density at radius 2 is 2.00 bits per heavy atom. The molecule has 0 spiro atoms. The van der Waals surface area contributed by atoms with Gasteiger partial charge in [0, 0.05) is 20.3 Å². The fourth-order valence-electron chi connectivity index (χ4n) is 1.17. The second kappa shape index (κ2) is 8.41. The summed E-state index contributed by atoms with van der Waals surface area (Å²) in [7, 11) is -2.28. The van der Waals surface area contributed by atoms with Crippen molar-refractivity contribution >= 4 is 16.2 Å². The Balaban J connectivity index is 4.34. The maximum Gasteiger partial charge on any atom is 0.321 e. The number of carboxylic acids is 1. The van der Waals surface area contributed by atoms with E-state index >= 15 is 0 Å². The predicted octanol–water partition coefficient (Wildman–Crippen LogP) is -0.0538. The second-order valence-corrected chi connectivity index (χ2v) is 5.92. The molecule has 0 amide bonds. The molecular formula is C10H22N2O5S. The lowest BCUT2D eigenvalue weighted by Crippen LogP contribution is -2.47. The molecule has 0 heterocycles. The minimum absolute atomic E-state index is 0.151. The summed E-state index contributed by atoms with van der Waals surface area (Å²) >= 11 is 0. The number of hydrogen-bond acceptors (Lipinski definition) is 4. The highest BCUT2D eigenvalue weighted by Crippen LogP contribution is 2.00. The molecule has 0 saturated carbocycles. The maximum absolute atomic E-state index is 11.6. The number of methoxy groups -OCH3 is 1. The van der Waals surface area contributed by atoms with E-state index < -0.39 is 22.2 Å². The molecule has 0 fully saturated rings. The lowest BCUT2D eigenvalue weighted by Gasteiger charge is -2.15. The summed E-state index contributed by atoms with van der Waals surface area (Å²) in [5.41, 5.74) is 0. The largest absolute Gasteiger partial charge is 0.480 e. The van der Waals surface area contributed by atoms with E-state index in [1.54, 1.807) is 0 Å². The first-order chi connectivity index (χ1) is 8.28. The third-order valence-electron chi connectivity index (χ3n) is 2.12. The van der Waals surface area contributed by atoms with Crippen LogP contribution in [0, 0.1) is 5.92 Å². The normalized spacial score (nSPS) is 13.8. The van der Waals surface area contributed by atoms with Crippen molar-refractivity contribution < 1.29 is 23.1 Å². The Morgan fingerprint density at radius 3 is 2.44 bits per heavy atom. The van der Waals surface area contributed by atoms with Crippen molar-refractivity contribution in [1.82, 2.24) is 9.44 Å². The number of carbonyl (C=O) groups is 1. The van der Waals surface area contributed by atoms with Crippen LogP contribution in [-0.4, -0.2) is 45.8 Å². The SMILES string of the molecule is COCCCC(NS(=O)(=O)NCC(C)C)C(=O)O. The Hall–Kier alpha value is -0.700. The Labute approximate surface area is 108 Å². The van der Waals surface area contributed by atoms with Gasteiger partial charge in [0.1, 0.15) is 6.04 Å². The van der Waals surface area contributed by atoms with Gasteiger partial charge in [-0.25, -0.2) is 4.72 Å². The fraction of sp³-hybridized carbons (Fsp3) is 0.900. The number of nitrogens with one attached hydrogen (secondary N) is 2.